The first-order valence-corrected chi connectivity index (χ1v) is 4.73. The van der Waals surface area contributed by atoms with Gasteiger partial charge in [0.05, 0.1) is 0 Å². The lowest BCUT2D eigenvalue weighted by Gasteiger charge is -2.09. The number of benzene rings is 1. The second kappa shape index (κ2) is 3.91. The second-order valence-electron chi connectivity index (χ2n) is 2.35. The van der Waals surface area contributed by atoms with Gasteiger partial charge in [0.2, 0.25) is 0 Å². The molecular formula is C8H8F3NS. The van der Waals surface area contributed by atoms with Crippen LogP contribution in [0, 0.1) is 0 Å². The molecule has 0 aliphatic rings. The fourth-order valence-corrected chi connectivity index (χ4v) is 1.25. The SMILES string of the molecule is CSc1ccc(NC(F)(F)F)cc1. The van der Waals surface area contributed by atoms with Gasteiger partial charge in [0.25, 0.3) is 0 Å². The first kappa shape index (κ1) is 10.2. The number of alkyl halides is 3. The van der Waals surface area contributed by atoms with E-state index in [2.05, 4.69) is 0 Å². The predicted octanol–water partition coefficient (Wildman–Crippen LogP) is 3.34. The van der Waals surface area contributed by atoms with Crippen LogP contribution in [-0.2, 0) is 0 Å². The molecule has 0 bridgehead atoms. The third-order valence-corrected chi connectivity index (χ3v) is 2.12. The van der Waals surface area contributed by atoms with Crippen molar-refractivity contribution < 1.29 is 13.2 Å². The fourth-order valence-electron chi connectivity index (χ4n) is 0.838. The molecule has 0 heterocycles. The summed E-state index contributed by atoms with van der Waals surface area (Å²) in [4.78, 5) is 0.938. The van der Waals surface area contributed by atoms with Crippen LogP contribution in [0.5, 0.6) is 0 Å². The van der Waals surface area contributed by atoms with E-state index in [0.29, 0.717) is 0 Å². The summed E-state index contributed by atoms with van der Waals surface area (Å²) in [5, 5.41) is 1.42. The monoisotopic (exact) mass is 207 g/mol. The van der Waals surface area contributed by atoms with E-state index in [0.717, 1.165) is 4.90 Å². The third kappa shape index (κ3) is 3.59. The summed E-state index contributed by atoms with van der Waals surface area (Å²) in [5.41, 5.74) is 0.0605. The Morgan fingerprint density at radius 3 is 2.08 bits per heavy atom. The molecule has 0 atom stereocenters. The molecule has 1 aromatic carbocycles. The summed E-state index contributed by atoms with van der Waals surface area (Å²) in [5.74, 6) is 0. The van der Waals surface area contributed by atoms with Crippen LogP contribution in [0.4, 0.5) is 18.9 Å². The summed E-state index contributed by atoms with van der Waals surface area (Å²) in [6.07, 6.45) is -2.49. The van der Waals surface area contributed by atoms with Crippen molar-refractivity contribution in [3.63, 3.8) is 0 Å². The molecule has 0 fully saturated rings. The normalized spacial score (nSPS) is 11.4. The first-order chi connectivity index (χ1) is 6.01. The van der Waals surface area contributed by atoms with Gasteiger partial charge in [-0.2, -0.15) is 13.2 Å². The Hall–Kier alpha value is -0.840. The molecule has 0 radical (unpaired) electrons. The second-order valence-corrected chi connectivity index (χ2v) is 3.23. The van der Waals surface area contributed by atoms with Gasteiger partial charge in [-0.15, -0.1) is 11.8 Å². The maximum atomic E-state index is 11.8. The molecule has 0 amide bonds. The molecule has 13 heavy (non-hydrogen) atoms. The Morgan fingerprint density at radius 1 is 1.15 bits per heavy atom. The minimum absolute atomic E-state index is 0.0605. The van der Waals surface area contributed by atoms with E-state index >= 15 is 0 Å². The van der Waals surface area contributed by atoms with E-state index < -0.39 is 6.30 Å². The van der Waals surface area contributed by atoms with E-state index in [4.69, 9.17) is 0 Å². The standard InChI is InChI=1S/C8H8F3NS/c1-13-7-4-2-6(3-5-7)12-8(9,10)11/h2-5,12H,1H3. The van der Waals surface area contributed by atoms with Crippen molar-refractivity contribution in [2.24, 2.45) is 0 Å². The highest BCUT2D eigenvalue weighted by molar-refractivity contribution is 7.98. The highest BCUT2D eigenvalue weighted by Crippen LogP contribution is 2.22. The zero-order valence-electron chi connectivity index (χ0n) is 6.85. The average Bonchev–Trinajstić information content (AvgIpc) is 2.03. The van der Waals surface area contributed by atoms with Gasteiger partial charge < -0.3 is 0 Å². The minimum Gasteiger partial charge on any atom is -0.298 e. The zero-order chi connectivity index (χ0) is 9.90. The molecule has 0 aliphatic heterocycles. The van der Waals surface area contributed by atoms with E-state index in [-0.39, 0.29) is 5.69 Å². The van der Waals surface area contributed by atoms with Gasteiger partial charge in [0.15, 0.2) is 0 Å². The Bertz CT molecular complexity index is 268. The minimum atomic E-state index is -4.36. The number of halogens is 3. The average molecular weight is 207 g/mol. The number of rotatable bonds is 2. The van der Waals surface area contributed by atoms with Crippen molar-refractivity contribution in [1.29, 1.82) is 0 Å². The Balaban J connectivity index is 2.70. The molecular weight excluding hydrogens is 199 g/mol. The van der Waals surface area contributed by atoms with Crippen LogP contribution in [0.25, 0.3) is 0 Å². The summed E-state index contributed by atoms with van der Waals surface area (Å²) >= 11 is 1.49. The van der Waals surface area contributed by atoms with E-state index in [1.165, 1.54) is 29.2 Å². The van der Waals surface area contributed by atoms with Crippen LogP contribution in [0.3, 0.4) is 0 Å². The molecule has 5 heteroatoms. The van der Waals surface area contributed by atoms with Crippen molar-refractivity contribution in [1.82, 2.24) is 0 Å². The maximum Gasteiger partial charge on any atom is 0.482 e. The summed E-state index contributed by atoms with van der Waals surface area (Å²) < 4.78 is 35.4. The molecule has 0 unspecified atom stereocenters. The molecule has 1 rings (SSSR count). The number of nitrogens with one attached hydrogen (secondary N) is 1. The Labute approximate surface area is 78.3 Å². The smallest absolute Gasteiger partial charge is 0.298 e. The largest absolute Gasteiger partial charge is 0.482 e. The molecule has 0 aliphatic carbocycles. The number of hydrogen-bond donors (Lipinski definition) is 1. The van der Waals surface area contributed by atoms with E-state index in [1.54, 1.807) is 12.1 Å². The summed E-state index contributed by atoms with van der Waals surface area (Å²) in [7, 11) is 0. The van der Waals surface area contributed by atoms with Crippen LogP contribution in [0.2, 0.25) is 0 Å². The van der Waals surface area contributed by atoms with E-state index in [9.17, 15) is 13.2 Å². The topological polar surface area (TPSA) is 12.0 Å². The van der Waals surface area contributed by atoms with Crippen LogP contribution in [0.1, 0.15) is 0 Å². The summed E-state index contributed by atoms with van der Waals surface area (Å²) in [6.45, 7) is 0. The Morgan fingerprint density at radius 2 is 1.69 bits per heavy atom. The molecule has 0 saturated heterocycles. The van der Waals surface area contributed by atoms with Gasteiger partial charge in [0, 0.05) is 10.6 Å². The zero-order valence-corrected chi connectivity index (χ0v) is 7.67. The molecule has 0 saturated carbocycles. The highest BCUT2D eigenvalue weighted by Gasteiger charge is 2.26. The molecule has 1 aromatic rings. The van der Waals surface area contributed by atoms with Gasteiger partial charge in [-0.3, -0.25) is 5.32 Å². The Kier molecular flexibility index (Phi) is 3.08. The number of anilines is 1. The fraction of sp³-hybridized carbons (Fsp3) is 0.250. The molecule has 72 valence electrons. The van der Waals surface area contributed by atoms with Crippen molar-refractivity contribution in [3.05, 3.63) is 24.3 Å². The molecule has 0 spiro atoms. The summed E-state index contributed by atoms with van der Waals surface area (Å²) in [6, 6.07) is 6.08. The lowest BCUT2D eigenvalue weighted by atomic mass is 10.3. The quantitative estimate of drug-likeness (QED) is 0.589. The molecule has 1 nitrogen and oxygen atoms in total. The van der Waals surface area contributed by atoms with Crippen molar-refractivity contribution in [2.45, 2.75) is 11.2 Å². The molecule has 0 aromatic heterocycles. The lowest BCUT2D eigenvalue weighted by Crippen LogP contribution is -2.20. The lowest BCUT2D eigenvalue weighted by molar-refractivity contribution is -0.0999. The maximum absolute atomic E-state index is 11.8. The van der Waals surface area contributed by atoms with Crippen molar-refractivity contribution in [3.8, 4) is 0 Å². The van der Waals surface area contributed by atoms with Crippen molar-refractivity contribution >= 4 is 17.4 Å². The van der Waals surface area contributed by atoms with Gasteiger partial charge in [-0.1, -0.05) is 0 Å². The van der Waals surface area contributed by atoms with Gasteiger partial charge in [-0.25, -0.2) is 0 Å². The van der Waals surface area contributed by atoms with Crippen LogP contribution in [0.15, 0.2) is 29.2 Å². The van der Waals surface area contributed by atoms with Crippen LogP contribution >= 0.6 is 11.8 Å². The van der Waals surface area contributed by atoms with Crippen molar-refractivity contribution in [2.75, 3.05) is 11.6 Å². The number of hydrogen-bond acceptors (Lipinski definition) is 2. The van der Waals surface area contributed by atoms with Gasteiger partial charge in [0.1, 0.15) is 0 Å². The van der Waals surface area contributed by atoms with Crippen LogP contribution < -0.4 is 5.32 Å². The van der Waals surface area contributed by atoms with E-state index in [1.807, 2.05) is 6.26 Å². The third-order valence-electron chi connectivity index (χ3n) is 1.38. The molecule has 1 N–H and O–H groups in total. The van der Waals surface area contributed by atoms with Gasteiger partial charge in [-0.05, 0) is 30.5 Å². The number of thioether (sulfide) groups is 1. The highest BCUT2D eigenvalue weighted by atomic mass is 32.2. The first-order valence-electron chi connectivity index (χ1n) is 3.50. The van der Waals surface area contributed by atoms with Gasteiger partial charge >= 0.3 is 6.30 Å². The van der Waals surface area contributed by atoms with Crippen LogP contribution in [-0.4, -0.2) is 12.6 Å². The predicted molar refractivity (Wildman–Crippen MR) is 47.9 cm³/mol.